The summed E-state index contributed by atoms with van der Waals surface area (Å²) in [6.45, 7) is 0. The Morgan fingerprint density at radius 1 is 1.14 bits per heavy atom. The SMILES string of the molecule is COC(=O)c1c(N)c(C#N)cn1-c1ccc(Oc2ccc(OC)cc2)c(F)c1. The van der Waals surface area contributed by atoms with E-state index in [0.717, 1.165) is 0 Å². The van der Waals surface area contributed by atoms with Gasteiger partial charge in [0.2, 0.25) is 0 Å². The van der Waals surface area contributed by atoms with Gasteiger partial charge in [-0.2, -0.15) is 5.26 Å². The van der Waals surface area contributed by atoms with Gasteiger partial charge >= 0.3 is 5.97 Å². The number of nitrogens with zero attached hydrogens (tertiary/aromatic N) is 2. The lowest BCUT2D eigenvalue weighted by atomic mass is 10.2. The molecule has 0 aliphatic carbocycles. The Labute approximate surface area is 160 Å². The molecular weight excluding hydrogens is 365 g/mol. The van der Waals surface area contributed by atoms with E-state index in [1.807, 2.05) is 6.07 Å². The van der Waals surface area contributed by atoms with Crippen molar-refractivity contribution in [2.24, 2.45) is 0 Å². The molecule has 0 spiro atoms. The van der Waals surface area contributed by atoms with Gasteiger partial charge in [0.15, 0.2) is 17.3 Å². The minimum atomic E-state index is -0.738. The third kappa shape index (κ3) is 3.46. The molecule has 28 heavy (non-hydrogen) atoms. The summed E-state index contributed by atoms with van der Waals surface area (Å²) in [6.07, 6.45) is 1.35. The summed E-state index contributed by atoms with van der Waals surface area (Å²) in [5.41, 5.74) is 6.13. The van der Waals surface area contributed by atoms with E-state index in [4.69, 9.17) is 25.2 Å². The number of hydrogen-bond acceptors (Lipinski definition) is 6. The maximum absolute atomic E-state index is 14.6. The molecule has 3 rings (SSSR count). The van der Waals surface area contributed by atoms with Crippen molar-refractivity contribution < 1.29 is 23.4 Å². The molecule has 0 saturated carbocycles. The molecule has 1 heterocycles. The van der Waals surface area contributed by atoms with Gasteiger partial charge in [-0.25, -0.2) is 9.18 Å². The third-order valence-electron chi connectivity index (χ3n) is 4.02. The Kier molecular flexibility index (Phi) is 5.18. The lowest BCUT2D eigenvalue weighted by Crippen LogP contribution is -2.11. The molecule has 0 bridgehead atoms. The Morgan fingerprint density at radius 2 is 1.82 bits per heavy atom. The molecule has 2 aromatic carbocycles. The molecule has 2 N–H and O–H groups in total. The van der Waals surface area contributed by atoms with E-state index >= 15 is 0 Å². The quantitative estimate of drug-likeness (QED) is 0.677. The number of nitriles is 1. The fourth-order valence-electron chi connectivity index (χ4n) is 2.61. The fraction of sp³-hybridized carbons (Fsp3) is 0.100. The smallest absolute Gasteiger partial charge is 0.357 e. The highest BCUT2D eigenvalue weighted by atomic mass is 19.1. The minimum Gasteiger partial charge on any atom is -0.497 e. The number of halogens is 1. The first kappa shape index (κ1) is 18.8. The molecule has 8 heteroatoms. The van der Waals surface area contributed by atoms with Crippen LogP contribution in [-0.2, 0) is 4.74 Å². The van der Waals surface area contributed by atoms with E-state index in [2.05, 4.69) is 0 Å². The standard InChI is InChI=1S/C20H16FN3O4/c1-26-14-4-6-15(7-5-14)28-17-8-3-13(9-16(17)21)24-11-12(10-22)18(23)19(24)20(25)27-2/h3-9,11H,23H2,1-2H3. The van der Waals surface area contributed by atoms with Gasteiger partial charge in [-0.05, 0) is 36.4 Å². The van der Waals surface area contributed by atoms with Gasteiger partial charge in [-0.3, -0.25) is 0 Å². The van der Waals surface area contributed by atoms with Crippen LogP contribution in [0.3, 0.4) is 0 Å². The Morgan fingerprint density at radius 3 is 2.39 bits per heavy atom. The molecule has 0 saturated heterocycles. The molecule has 0 fully saturated rings. The second-order valence-corrected chi connectivity index (χ2v) is 5.67. The van der Waals surface area contributed by atoms with Gasteiger partial charge in [0.25, 0.3) is 0 Å². The van der Waals surface area contributed by atoms with Crippen LogP contribution < -0.4 is 15.2 Å². The van der Waals surface area contributed by atoms with Crippen LogP contribution in [0, 0.1) is 17.1 Å². The van der Waals surface area contributed by atoms with Crippen molar-refractivity contribution in [3.63, 3.8) is 0 Å². The highest BCUT2D eigenvalue weighted by molar-refractivity contribution is 5.95. The number of carbonyl (C=O) groups excluding carboxylic acids is 1. The van der Waals surface area contributed by atoms with Crippen LogP contribution in [0.15, 0.2) is 48.7 Å². The van der Waals surface area contributed by atoms with E-state index in [9.17, 15) is 9.18 Å². The van der Waals surface area contributed by atoms with Crippen LogP contribution in [0.1, 0.15) is 16.1 Å². The minimum absolute atomic E-state index is 0.00540. The zero-order chi connectivity index (χ0) is 20.3. The van der Waals surface area contributed by atoms with Gasteiger partial charge in [0.05, 0.1) is 25.5 Å². The first-order chi connectivity index (χ1) is 13.5. The summed E-state index contributed by atoms with van der Waals surface area (Å²) in [5.74, 6) is -0.321. The van der Waals surface area contributed by atoms with E-state index in [1.54, 1.807) is 31.4 Å². The van der Waals surface area contributed by atoms with Crippen LogP contribution in [0.4, 0.5) is 10.1 Å². The number of anilines is 1. The molecule has 0 radical (unpaired) electrons. The largest absolute Gasteiger partial charge is 0.497 e. The molecular formula is C20H16FN3O4. The number of methoxy groups -OCH3 is 2. The molecule has 0 aliphatic rings. The third-order valence-corrected chi connectivity index (χ3v) is 4.02. The number of nitrogens with two attached hydrogens (primary N) is 1. The van der Waals surface area contributed by atoms with Crippen molar-refractivity contribution in [2.75, 3.05) is 20.0 Å². The Hall–Kier alpha value is -3.99. The van der Waals surface area contributed by atoms with Gasteiger partial charge in [-0.15, -0.1) is 0 Å². The Bertz CT molecular complexity index is 1070. The second kappa shape index (κ2) is 7.72. The predicted octanol–water partition coefficient (Wildman–Crippen LogP) is 3.66. The van der Waals surface area contributed by atoms with Crippen molar-refractivity contribution in [3.8, 4) is 29.0 Å². The average Bonchev–Trinajstić information content (AvgIpc) is 3.05. The summed E-state index contributed by atoms with van der Waals surface area (Å²) in [6, 6.07) is 12.7. The molecule has 3 aromatic rings. The number of esters is 1. The van der Waals surface area contributed by atoms with Crippen molar-refractivity contribution in [1.29, 1.82) is 5.26 Å². The number of nitrogen functional groups attached to an aromatic ring is 1. The number of benzene rings is 2. The van der Waals surface area contributed by atoms with Crippen LogP contribution >= 0.6 is 0 Å². The summed E-state index contributed by atoms with van der Waals surface area (Å²) in [4.78, 5) is 12.0. The van der Waals surface area contributed by atoms with Gasteiger partial charge in [0.1, 0.15) is 17.6 Å². The monoisotopic (exact) mass is 381 g/mol. The maximum atomic E-state index is 14.6. The number of rotatable bonds is 5. The highest BCUT2D eigenvalue weighted by Crippen LogP contribution is 2.30. The lowest BCUT2D eigenvalue weighted by molar-refractivity contribution is 0.0593. The molecule has 1 aromatic heterocycles. The van der Waals surface area contributed by atoms with Gasteiger partial charge < -0.3 is 24.5 Å². The van der Waals surface area contributed by atoms with Crippen molar-refractivity contribution in [2.45, 2.75) is 0 Å². The summed E-state index contributed by atoms with van der Waals surface area (Å²) < 4.78 is 31.2. The average molecular weight is 381 g/mol. The van der Waals surface area contributed by atoms with Crippen molar-refractivity contribution >= 4 is 11.7 Å². The first-order valence-corrected chi connectivity index (χ1v) is 8.09. The molecule has 142 valence electrons. The molecule has 0 unspecified atom stereocenters. The second-order valence-electron chi connectivity index (χ2n) is 5.67. The zero-order valence-corrected chi connectivity index (χ0v) is 15.1. The number of ether oxygens (including phenoxy) is 3. The topological polar surface area (TPSA) is 99.5 Å². The highest BCUT2D eigenvalue weighted by Gasteiger charge is 2.22. The number of carbonyl (C=O) groups is 1. The fourth-order valence-corrected chi connectivity index (χ4v) is 2.61. The van der Waals surface area contributed by atoms with E-state index < -0.39 is 11.8 Å². The first-order valence-electron chi connectivity index (χ1n) is 8.09. The van der Waals surface area contributed by atoms with E-state index in [-0.39, 0.29) is 28.4 Å². The maximum Gasteiger partial charge on any atom is 0.357 e. The molecule has 0 aliphatic heterocycles. The van der Waals surface area contributed by atoms with Crippen LogP contribution in [0.2, 0.25) is 0 Å². The predicted molar refractivity (Wildman–Crippen MR) is 99.3 cm³/mol. The number of aromatic nitrogens is 1. The van der Waals surface area contributed by atoms with Crippen LogP contribution in [-0.4, -0.2) is 24.8 Å². The van der Waals surface area contributed by atoms with E-state index in [0.29, 0.717) is 11.5 Å². The van der Waals surface area contributed by atoms with E-state index in [1.165, 1.54) is 36.1 Å². The number of hydrogen-bond donors (Lipinski definition) is 1. The Balaban J connectivity index is 1.96. The normalized spacial score (nSPS) is 10.2. The van der Waals surface area contributed by atoms with Crippen LogP contribution in [0.25, 0.3) is 5.69 Å². The lowest BCUT2D eigenvalue weighted by Gasteiger charge is -2.11. The van der Waals surface area contributed by atoms with Crippen molar-refractivity contribution in [1.82, 2.24) is 4.57 Å². The zero-order valence-electron chi connectivity index (χ0n) is 15.1. The summed E-state index contributed by atoms with van der Waals surface area (Å²) in [7, 11) is 2.74. The molecule has 0 atom stereocenters. The molecule has 0 amide bonds. The summed E-state index contributed by atoms with van der Waals surface area (Å²) in [5, 5.41) is 9.16. The van der Waals surface area contributed by atoms with Gasteiger partial charge in [0, 0.05) is 18.0 Å². The molecule has 7 nitrogen and oxygen atoms in total. The van der Waals surface area contributed by atoms with Gasteiger partial charge in [-0.1, -0.05) is 0 Å². The van der Waals surface area contributed by atoms with Crippen molar-refractivity contribution in [3.05, 3.63) is 65.7 Å². The summed E-state index contributed by atoms with van der Waals surface area (Å²) >= 11 is 0. The van der Waals surface area contributed by atoms with Crippen LogP contribution in [0.5, 0.6) is 17.2 Å².